The van der Waals surface area contributed by atoms with E-state index in [1.165, 1.54) is 6.33 Å². The Bertz CT molecular complexity index is 774. The molecule has 3 rings (SSSR count). The molecule has 1 amide bonds. The van der Waals surface area contributed by atoms with Gasteiger partial charge in [0.1, 0.15) is 12.0 Å². The minimum absolute atomic E-state index is 0.273. The number of nitrogens with one attached hydrogen (secondary N) is 1. The van der Waals surface area contributed by atoms with E-state index < -0.39 is 0 Å². The highest BCUT2D eigenvalue weighted by Gasteiger charge is 2.24. The van der Waals surface area contributed by atoms with Crippen LogP contribution in [0.1, 0.15) is 12.5 Å². The zero-order valence-electron chi connectivity index (χ0n) is 15.1. The quantitative estimate of drug-likeness (QED) is 0.868. The third-order valence-electron chi connectivity index (χ3n) is 4.37. The van der Waals surface area contributed by atoms with Crippen LogP contribution < -0.4 is 16.0 Å². The van der Waals surface area contributed by atoms with Gasteiger partial charge in [-0.1, -0.05) is 18.2 Å². The van der Waals surface area contributed by atoms with E-state index in [2.05, 4.69) is 20.2 Å². The van der Waals surface area contributed by atoms with Crippen LogP contribution >= 0.6 is 0 Å². The van der Waals surface area contributed by atoms with Crippen molar-refractivity contribution in [3.05, 3.63) is 36.2 Å². The Labute approximate surface area is 153 Å². The Hall–Kier alpha value is -3.03. The summed E-state index contributed by atoms with van der Waals surface area (Å²) in [5, 5.41) is 3.28. The molecule has 1 aromatic heterocycles. The van der Waals surface area contributed by atoms with Gasteiger partial charge in [-0.2, -0.15) is 0 Å². The van der Waals surface area contributed by atoms with Crippen LogP contribution in [0.5, 0.6) is 0 Å². The molecule has 8 nitrogen and oxygen atoms in total. The fourth-order valence-corrected chi connectivity index (χ4v) is 2.89. The van der Waals surface area contributed by atoms with Crippen LogP contribution in [0.4, 0.5) is 27.8 Å². The summed E-state index contributed by atoms with van der Waals surface area (Å²) in [6, 6.07) is 7.95. The van der Waals surface area contributed by atoms with Crippen LogP contribution in [0.25, 0.3) is 0 Å². The Morgan fingerprint density at radius 3 is 2.65 bits per heavy atom. The van der Waals surface area contributed by atoms with Gasteiger partial charge in [0.25, 0.3) is 0 Å². The first kappa shape index (κ1) is 17.8. The van der Waals surface area contributed by atoms with Crippen molar-refractivity contribution in [2.24, 2.45) is 0 Å². The summed E-state index contributed by atoms with van der Waals surface area (Å²) in [4.78, 5) is 24.2. The number of nitrogens with two attached hydrogens (primary N) is 1. The molecule has 0 radical (unpaired) electrons. The number of nitrogen functional groups attached to an aromatic ring is 1. The SMILES string of the molecule is CCOC(=O)N1CCN(c2ncnc(Nc3ccccc3C)c2N)CC1. The van der Waals surface area contributed by atoms with Gasteiger partial charge in [-0.15, -0.1) is 0 Å². The summed E-state index contributed by atoms with van der Waals surface area (Å²) >= 11 is 0. The van der Waals surface area contributed by atoms with Crippen LogP contribution in [0.3, 0.4) is 0 Å². The van der Waals surface area contributed by atoms with Crippen molar-refractivity contribution in [3.8, 4) is 0 Å². The van der Waals surface area contributed by atoms with Gasteiger partial charge in [0, 0.05) is 31.9 Å². The van der Waals surface area contributed by atoms with Gasteiger partial charge in [-0.25, -0.2) is 14.8 Å². The average molecular weight is 356 g/mol. The Balaban J connectivity index is 1.72. The number of anilines is 4. The molecule has 8 heteroatoms. The van der Waals surface area contributed by atoms with Crippen molar-refractivity contribution in [1.29, 1.82) is 0 Å². The third-order valence-corrected chi connectivity index (χ3v) is 4.37. The molecule has 3 N–H and O–H groups in total. The molecule has 2 heterocycles. The molecule has 1 fully saturated rings. The first-order chi connectivity index (χ1) is 12.6. The van der Waals surface area contributed by atoms with E-state index in [1.807, 2.05) is 31.2 Å². The molecule has 1 saturated heterocycles. The predicted molar refractivity (Wildman–Crippen MR) is 102 cm³/mol. The maximum atomic E-state index is 11.8. The molecule has 26 heavy (non-hydrogen) atoms. The normalized spacial score (nSPS) is 14.2. The average Bonchev–Trinajstić information content (AvgIpc) is 2.65. The van der Waals surface area contributed by atoms with Crippen LogP contribution in [0.15, 0.2) is 30.6 Å². The molecule has 0 aliphatic carbocycles. The first-order valence-corrected chi connectivity index (χ1v) is 8.70. The highest BCUT2D eigenvalue weighted by Crippen LogP contribution is 2.30. The topological polar surface area (TPSA) is 96.6 Å². The lowest BCUT2D eigenvalue weighted by Crippen LogP contribution is -2.49. The molecule has 0 unspecified atom stereocenters. The number of carbonyl (C=O) groups excluding carboxylic acids is 1. The van der Waals surface area contributed by atoms with Gasteiger partial charge < -0.3 is 25.6 Å². The summed E-state index contributed by atoms with van der Waals surface area (Å²) < 4.78 is 5.05. The molecule has 0 spiro atoms. The molecule has 138 valence electrons. The smallest absolute Gasteiger partial charge is 0.409 e. The van der Waals surface area contributed by atoms with E-state index in [0.717, 1.165) is 11.3 Å². The number of aromatic nitrogens is 2. The second-order valence-electron chi connectivity index (χ2n) is 6.07. The predicted octanol–water partition coefficient (Wildman–Crippen LogP) is 2.39. The second-order valence-corrected chi connectivity index (χ2v) is 6.07. The number of para-hydroxylation sites is 1. The Morgan fingerprint density at radius 2 is 1.96 bits per heavy atom. The van der Waals surface area contributed by atoms with Gasteiger partial charge in [0.2, 0.25) is 0 Å². The minimum atomic E-state index is -0.273. The number of rotatable bonds is 4. The minimum Gasteiger partial charge on any atom is -0.450 e. The molecule has 0 atom stereocenters. The highest BCUT2D eigenvalue weighted by molar-refractivity contribution is 5.79. The lowest BCUT2D eigenvalue weighted by Gasteiger charge is -2.35. The number of aryl methyl sites for hydroxylation is 1. The van der Waals surface area contributed by atoms with E-state index in [-0.39, 0.29) is 6.09 Å². The van der Waals surface area contributed by atoms with Gasteiger partial charge in [-0.3, -0.25) is 0 Å². The van der Waals surface area contributed by atoms with E-state index in [4.69, 9.17) is 10.5 Å². The molecule has 0 bridgehead atoms. The van der Waals surface area contributed by atoms with Crippen molar-refractivity contribution in [2.45, 2.75) is 13.8 Å². The molecule has 1 aliphatic rings. The fraction of sp³-hybridized carbons (Fsp3) is 0.389. The van der Waals surface area contributed by atoms with Crippen molar-refractivity contribution in [3.63, 3.8) is 0 Å². The highest BCUT2D eigenvalue weighted by atomic mass is 16.6. The summed E-state index contributed by atoms with van der Waals surface area (Å²) in [5.74, 6) is 1.26. The van der Waals surface area contributed by atoms with Crippen LogP contribution in [0, 0.1) is 6.92 Å². The Kier molecular flexibility index (Phi) is 5.40. The van der Waals surface area contributed by atoms with E-state index >= 15 is 0 Å². The summed E-state index contributed by atoms with van der Waals surface area (Å²) in [6.07, 6.45) is 1.23. The summed E-state index contributed by atoms with van der Waals surface area (Å²) in [6.45, 7) is 6.64. The van der Waals surface area contributed by atoms with Crippen molar-refractivity contribution < 1.29 is 9.53 Å². The lowest BCUT2D eigenvalue weighted by atomic mass is 10.2. The molecular weight excluding hydrogens is 332 g/mol. The molecule has 1 aliphatic heterocycles. The van der Waals surface area contributed by atoms with E-state index in [1.54, 1.807) is 11.8 Å². The number of nitrogens with zero attached hydrogens (tertiary/aromatic N) is 4. The van der Waals surface area contributed by atoms with Crippen LogP contribution in [-0.2, 0) is 4.74 Å². The molecule has 0 saturated carbocycles. The van der Waals surface area contributed by atoms with Crippen molar-refractivity contribution in [2.75, 3.05) is 48.7 Å². The third kappa shape index (κ3) is 3.79. The van der Waals surface area contributed by atoms with Crippen LogP contribution in [-0.4, -0.2) is 53.7 Å². The maximum Gasteiger partial charge on any atom is 0.409 e. The molecular formula is C18H24N6O2. The standard InChI is InChI=1S/C18H24N6O2/c1-3-26-18(25)24-10-8-23(9-11-24)17-15(19)16(20-12-21-17)22-14-7-5-4-6-13(14)2/h4-7,12H,3,8-11,19H2,1-2H3,(H,20,21,22). The first-order valence-electron chi connectivity index (χ1n) is 8.70. The number of ether oxygens (including phenoxy) is 1. The zero-order valence-corrected chi connectivity index (χ0v) is 15.1. The summed E-state index contributed by atoms with van der Waals surface area (Å²) in [7, 11) is 0. The Morgan fingerprint density at radius 1 is 1.23 bits per heavy atom. The number of amides is 1. The van der Waals surface area contributed by atoms with E-state index in [0.29, 0.717) is 50.1 Å². The van der Waals surface area contributed by atoms with E-state index in [9.17, 15) is 4.79 Å². The fourth-order valence-electron chi connectivity index (χ4n) is 2.89. The largest absolute Gasteiger partial charge is 0.450 e. The number of benzene rings is 1. The number of piperazine rings is 1. The van der Waals surface area contributed by atoms with Gasteiger partial charge in [0.05, 0.1) is 6.61 Å². The van der Waals surface area contributed by atoms with Gasteiger partial charge in [0.15, 0.2) is 11.6 Å². The number of carbonyl (C=O) groups is 1. The molecule has 1 aromatic carbocycles. The number of hydrogen-bond acceptors (Lipinski definition) is 7. The van der Waals surface area contributed by atoms with Gasteiger partial charge in [-0.05, 0) is 25.5 Å². The second kappa shape index (κ2) is 7.90. The summed E-state index contributed by atoms with van der Waals surface area (Å²) in [5.41, 5.74) is 8.88. The molecule has 2 aromatic rings. The van der Waals surface area contributed by atoms with Gasteiger partial charge >= 0.3 is 6.09 Å². The number of hydrogen-bond donors (Lipinski definition) is 2. The zero-order chi connectivity index (χ0) is 18.5. The lowest BCUT2D eigenvalue weighted by molar-refractivity contribution is 0.105. The van der Waals surface area contributed by atoms with Crippen molar-refractivity contribution in [1.82, 2.24) is 14.9 Å². The maximum absolute atomic E-state index is 11.8. The van der Waals surface area contributed by atoms with Crippen LogP contribution in [0.2, 0.25) is 0 Å². The van der Waals surface area contributed by atoms with Crippen molar-refractivity contribution >= 4 is 29.1 Å². The monoisotopic (exact) mass is 356 g/mol.